The highest BCUT2D eigenvalue weighted by Crippen LogP contribution is 2.36. The second-order valence-corrected chi connectivity index (χ2v) is 7.50. The van der Waals surface area contributed by atoms with Crippen molar-refractivity contribution in [3.8, 4) is 0 Å². The van der Waals surface area contributed by atoms with Gasteiger partial charge in [0.1, 0.15) is 6.04 Å². The zero-order valence-electron chi connectivity index (χ0n) is 15.8. The third-order valence-electron chi connectivity index (χ3n) is 5.42. The molecule has 24 heavy (non-hydrogen) atoms. The zero-order valence-corrected chi connectivity index (χ0v) is 15.8. The number of alkyl halides is 3. The lowest BCUT2D eigenvalue weighted by Crippen LogP contribution is -2.46. The van der Waals surface area contributed by atoms with Crippen LogP contribution < -0.4 is 0 Å². The first-order valence-corrected chi connectivity index (χ1v) is 10.3. The molecule has 1 rings (SSSR count). The normalized spacial score (nSPS) is 19.5. The number of unbranched alkanes of at least 4 members (excludes halogenated alkanes) is 8. The van der Waals surface area contributed by atoms with Gasteiger partial charge in [-0.05, 0) is 32.2 Å². The first-order valence-electron chi connectivity index (χ1n) is 10.3. The minimum atomic E-state index is -4.06. The number of hydrogen-bond acceptors (Lipinski definition) is 1. The summed E-state index contributed by atoms with van der Waals surface area (Å²) >= 11 is 0. The monoisotopic (exact) mass is 349 g/mol. The van der Waals surface area contributed by atoms with Crippen LogP contribution in [0.4, 0.5) is 13.2 Å². The average Bonchev–Trinajstić information content (AvgIpc) is 3.02. The molecular weight excluding hydrogens is 311 g/mol. The van der Waals surface area contributed by atoms with E-state index in [0.717, 1.165) is 25.7 Å². The molecule has 0 aromatic rings. The number of likely N-dealkylation sites (tertiary alicyclic amines) is 1. The van der Waals surface area contributed by atoms with Crippen molar-refractivity contribution < 1.29 is 13.2 Å². The van der Waals surface area contributed by atoms with Gasteiger partial charge in [-0.3, -0.25) is 4.90 Å². The summed E-state index contributed by atoms with van der Waals surface area (Å²) in [6, 6.07) is -1.05. The van der Waals surface area contributed by atoms with E-state index in [1.165, 1.54) is 51.4 Å². The third kappa shape index (κ3) is 8.22. The molecule has 1 fully saturated rings. The number of hydrogen-bond donors (Lipinski definition) is 0. The first-order chi connectivity index (χ1) is 11.5. The summed E-state index contributed by atoms with van der Waals surface area (Å²) in [6.45, 7) is 5.02. The van der Waals surface area contributed by atoms with Gasteiger partial charge >= 0.3 is 6.18 Å². The predicted octanol–water partition coefficient (Wildman–Crippen LogP) is 7.10. The second kappa shape index (κ2) is 12.2. The van der Waals surface area contributed by atoms with E-state index in [4.69, 9.17) is 0 Å². The molecule has 0 amide bonds. The lowest BCUT2D eigenvalue weighted by Gasteiger charge is -2.34. The fourth-order valence-corrected chi connectivity index (χ4v) is 4.02. The topological polar surface area (TPSA) is 3.24 Å². The SMILES string of the molecule is CCCCCCCC(CCCCCCC)N1CCC[C@H]1C(F)(F)F. The Bertz CT molecular complexity index is 290. The van der Waals surface area contributed by atoms with Gasteiger partial charge in [-0.25, -0.2) is 0 Å². The van der Waals surface area contributed by atoms with E-state index >= 15 is 0 Å². The molecule has 0 aromatic heterocycles. The highest BCUT2D eigenvalue weighted by atomic mass is 19.4. The molecule has 0 N–H and O–H groups in total. The largest absolute Gasteiger partial charge is 0.404 e. The van der Waals surface area contributed by atoms with Crippen molar-refractivity contribution in [3.05, 3.63) is 0 Å². The van der Waals surface area contributed by atoms with Gasteiger partial charge in [-0.2, -0.15) is 13.2 Å². The quantitative estimate of drug-likeness (QED) is 0.320. The van der Waals surface area contributed by atoms with E-state index in [2.05, 4.69) is 13.8 Å². The van der Waals surface area contributed by atoms with Crippen LogP contribution in [0.15, 0.2) is 0 Å². The van der Waals surface area contributed by atoms with Crippen LogP contribution in [-0.2, 0) is 0 Å². The van der Waals surface area contributed by atoms with Crippen LogP contribution in [0.2, 0.25) is 0 Å². The van der Waals surface area contributed by atoms with Crippen molar-refractivity contribution in [3.63, 3.8) is 0 Å². The molecule has 1 heterocycles. The Morgan fingerprint density at radius 1 is 0.833 bits per heavy atom. The Kier molecular flexibility index (Phi) is 11.0. The van der Waals surface area contributed by atoms with Gasteiger partial charge in [0, 0.05) is 6.04 Å². The van der Waals surface area contributed by atoms with Crippen LogP contribution in [0.1, 0.15) is 104 Å². The van der Waals surface area contributed by atoms with Crippen molar-refractivity contribution in [2.75, 3.05) is 6.54 Å². The maximum Gasteiger partial charge on any atom is 0.404 e. The molecule has 0 saturated carbocycles. The fraction of sp³-hybridized carbons (Fsp3) is 1.00. The van der Waals surface area contributed by atoms with E-state index in [1.807, 2.05) is 0 Å². The summed E-state index contributed by atoms with van der Waals surface area (Å²) in [5.41, 5.74) is 0. The Morgan fingerprint density at radius 3 is 1.79 bits per heavy atom. The molecule has 144 valence electrons. The molecule has 1 aliphatic heterocycles. The van der Waals surface area contributed by atoms with Crippen molar-refractivity contribution >= 4 is 0 Å². The lowest BCUT2D eigenvalue weighted by molar-refractivity contribution is -0.181. The zero-order chi connectivity index (χ0) is 17.8. The maximum atomic E-state index is 13.3. The summed E-state index contributed by atoms with van der Waals surface area (Å²) in [7, 11) is 0. The molecule has 0 unspecified atom stereocenters. The molecule has 0 bridgehead atoms. The van der Waals surface area contributed by atoms with Gasteiger partial charge in [0.15, 0.2) is 0 Å². The van der Waals surface area contributed by atoms with E-state index in [1.54, 1.807) is 4.90 Å². The average molecular weight is 350 g/mol. The lowest BCUT2D eigenvalue weighted by atomic mass is 9.98. The van der Waals surface area contributed by atoms with Gasteiger partial charge in [0.25, 0.3) is 0 Å². The summed E-state index contributed by atoms with van der Waals surface area (Å²) in [6.07, 6.45) is 10.7. The van der Waals surface area contributed by atoms with Crippen molar-refractivity contribution in [1.29, 1.82) is 0 Å². The molecular formula is C20H38F3N. The summed E-state index contributed by atoms with van der Waals surface area (Å²) in [5.74, 6) is 0. The van der Waals surface area contributed by atoms with Crippen LogP contribution in [0.5, 0.6) is 0 Å². The number of rotatable bonds is 13. The van der Waals surface area contributed by atoms with E-state index in [9.17, 15) is 13.2 Å². The van der Waals surface area contributed by atoms with Crippen molar-refractivity contribution in [2.24, 2.45) is 0 Å². The van der Waals surface area contributed by atoms with E-state index in [-0.39, 0.29) is 6.04 Å². The Hall–Kier alpha value is -0.250. The second-order valence-electron chi connectivity index (χ2n) is 7.50. The standard InChI is InChI=1S/C20H38F3N/c1-3-5-7-9-11-14-18(15-12-10-8-6-4-2)24-17-13-16-19(24)20(21,22)23/h18-19H,3-17H2,1-2H3/t19-/m0/s1. The van der Waals surface area contributed by atoms with Crippen LogP contribution in [0.25, 0.3) is 0 Å². The number of nitrogens with zero attached hydrogens (tertiary/aromatic N) is 1. The minimum Gasteiger partial charge on any atom is -0.289 e. The molecule has 1 atom stereocenters. The molecule has 0 radical (unpaired) electrons. The molecule has 0 aromatic carbocycles. The minimum absolute atomic E-state index is 0.141. The van der Waals surface area contributed by atoms with E-state index < -0.39 is 12.2 Å². The fourth-order valence-electron chi connectivity index (χ4n) is 4.02. The van der Waals surface area contributed by atoms with Gasteiger partial charge < -0.3 is 0 Å². The van der Waals surface area contributed by atoms with Crippen molar-refractivity contribution in [1.82, 2.24) is 4.90 Å². The summed E-state index contributed by atoms with van der Waals surface area (Å²) in [4.78, 5) is 1.81. The molecule has 0 spiro atoms. The molecule has 1 aliphatic rings. The third-order valence-corrected chi connectivity index (χ3v) is 5.42. The molecule has 1 saturated heterocycles. The van der Waals surface area contributed by atoms with Crippen LogP contribution in [-0.4, -0.2) is 29.7 Å². The van der Waals surface area contributed by atoms with Crippen LogP contribution in [0, 0.1) is 0 Å². The van der Waals surface area contributed by atoms with Crippen LogP contribution in [0.3, 0.4) is 0 Å². The highest BCUT2D eigenvalue weighted by molar-refractivity contribution is 4.89. The van der Waals surface area contributed by atoms with Crippen molar-refractivity contribution in [2.45, 2.75) is 122 Å². The summed E-state index contributed by atoms with van der Waals surface area (Å²) < 4.78 is 39.9. The predicted molar refractivity (Wildman–Crippen MR) is 96.3 cm³/mol. The Balaban J connectivity index is 2.49. The first kappa shape index (κ1) is 21.8. The highest BCUT2D eigenvalue weighted by Gasteiger charge is 2.47. The van der Waals surface area contributed by atoms with Gasteiger partial charge in [0.2, 0.25) is 0 Å². The Labute approximate surface area is 147 Å². The number of halogens is 3. The Morgan fingerprint density at radius 2 is 1.33 bits per heavy atom. The summed E-state index contributed by atoms with van der Waals surface area (Å²) in [5, 5.41) is 0. The van der Waals surface area contributed by atoms with Gasteiger partial charge in [0.05, 0.1) is 0 Å². The van der Waals surface area contributed by atoms with E-state index in [0.29, 0.717) is 19.4 Å². The van der Waals surface area contributed by atoms with Crippen LogP contribution >= 0.6 is 0 Å². The smallest absolute Gasteiger partial charge is 0.289 e. The maximum absolute atomic E-state index is 13.3. The van der Waals surface area contributed by atoms with Gasteiger partial charge in [-0.15, -0.1) is 0 Å². The molecule has 4 heteroatoms. The molecule has 0 aliphatic carbocycles. The molecule has 1 nitrogen and oxygen atoms in total. The van der Waals surface area contributed by atoms with Gasteiger partial charge in [-0.1, -0.05) is 78.1 Å².